The van der Waals surface area contributed by atoms with Gasteiger partial charge >= 0.3 is 6.03 Å². The summed E-state index contributed by atoms with van der Waals surface area (Å²) in [7, 11) is 3.45. The Balaban J connectivity index is 1.46. The molecule has 2 aromatic rings. The van der Waals surface area contributed by atoms with Crippen molar-refractivity contribution < 1.29 is 19.1 Å². The van der Waals surface area contributed by atoms with Gasteiger partial charge in [-0.05, 0) is 80.1 Å². The number of imide groups is 1. The Hall–Kier alpha value is -3.39. The summed E-state index contributed by atoms with van der Waals surface area (Å²) in [5.41, 5.74) is 2.80. The number of ether oxygens (including phenoxy) is 1. The third-order valence-corrected chi connectivity index (χ3v) is 7.04. The van der Waals surface area contributed by atoms with Gasteiger partial charge in [-0.25, -0.2) is 4.79 Å². The zero-order valence-corrected chi connectivity index (χ0v) is 20.1. The number of hydrogen-bond donors (Lipinski definition) is 3. The highest BCUT2D eigenvalue weighted by Gasteiger charge is 2.43. The van der Waals surface area contributed by atoms with Gasteiger partial charge in [-0.2, -0.15) is 0 Å². The maximum Gasteiger partial charge on any atom is 0.326 e. The lowest BCUT2D eigenvalue weighted by atomic mass is 9.75. The van der Waals surface area contributed by atoms with E-state index in [4.69, 9.17) is 4.74 Å². The second-order valence-electron chi connectivity index (χ2n) is 9.32. The fourth-order valence-electron chi connectivity index (χ4n) is 5.09. The van der Waals surface area contributed by atoms with E-state index in [1.807, 2.05) is 31.0 Å². The van der Waals surface area contributed by atoms with Crippen LogP contribution >= 0.6 is 0 Å². The first-order valence-electron chi connectivity index (χ1n) is 11.6. The van der Waals surface area contributed by atoms with Crippen LogP contribution in [-0.4, -0.2) is 55.5 Å². The van der Waals surface area contributed by atoms with Gasteiger partial charge in [0, 0.05) is 36.9 Å². The fraction of sp³-hybridized carbons (Fsp3) is 0.423. The Bertz CT molecular complexity index is 1080. The van der Waals surface area contributed by atoms with Gasteiger partial charge in [0.1, 0.15) is 5.75 Å². The molecule has 0 radical (unpaired) electrons. The molecule has 180 valence electrons. The quantitative estimate of drug-likeness (QED) is 0.645. The smallest absolute Gasteiger partial charge is 0.326 e. The van der Waals surface area contributed by atoms with Crippen molar-refractivity contribution in [2.75, 3.05) is 26.0 Å². The summed E-state index contributed by atoms with van der Waals surface area (Å²) in [6.07, 6.45) is 1.74. The number of anilines is 1. The molecular weight excluding hydrogens is 432 g/mol. The van der Waals surface area contributed by atoms with Crippen LogP contribution in [0, 0.1) is 12.8 Å². The Morgan fingerprint density at radius 1 is 1.12 bits per heavy atom. The average Bonchev–Trinajstić information content (AvgIpc) is 2.83. The zero-order chi connectivity index (χ0) is 24.4. The van der Waals surface area contributed by atoms with Crippen molar-refractivity contribution in [1.82, 2.24) is 15.5 Å². The first-order valence-corrected chi connectivity index (χ1v) is 11.6. The van der Waals surface area contributed by atoms with Gasteiger partial charge in [0.15, 0.2) is 0 Å². The molecule has 4 atom stereocenters. The van der Waals surface area contributed by atoms with E-state index in [-0.39, 0.29) is 17.9 Å². The molecule has 4 unspecified atom stereocenters. The van der Waals surface area contributed by atoms with Crippen LogP contribution < -0.4 is 20.7 Å². The molecule has 3 N–H and O–H groups in total. The standard InChI is InChI=1S/C26H32N4O4/c1-15-5-8-19(28-26(33)29-24(31)17-6-9-20(34-4)10-7-17)13-21(15)22-12-18-14-27-16(2)11-23(18)30(3)25(22)32/h5-10,13,16,18,22-23,27H,11-12,14H2,1-4H3,(H2,28,29,31,33). The zero-order valence-electron chi connectivity index (χ0n) is 20.1. The third-order valence-electron chi connectivity index (χ3n) is 7.04. The highest BCUT2D eigenvalue weighted by molar-refractivity contribution is 6.08. The molecule has 2 aromatic carbocycles. The highest BCUT2D eigenvalue weighted by atomic mass is 16.5. The monoisotopic (exact) mass is 464 g/mol. The number of benzene rings is 2. The van der Waals surface area contributed by atoms with Crippen molar-refractivity contribution in [2.45, 2.75) is 44.7 Å². The van der Waals surface area contributed by atoms with Crippen LogP contribution in [0.15, 0.2) is 42.5 Å². The second kappa shape index (κ2) is 9.85. The number of fused-ring (bicyclic) bond motifs is 1. The number of urea groups is 1. The second-order valence-corrected chi connectivity index (χ2v) is 9.32. The maximum absolute atomic E-state index is 13.3. The summed E-state index contributed by atoms with van der Waals surface area (Å²) >= 11 is 0. The summed E-state index contributed by atoms with van der Waals surface area (Å²) in [5, 5.41) is 8.60. The Labute approximate surface area is 200 Å². The number of aryl methyl sites for hydroxylation is 1. The molecule has 2 aliphatic rings. The van der Waals surface area contributed by atoms with Crippen molar-refractivity contribution >= 4 is 23.5 Å². The highest BCUT2D eigenvalue weighted by Crippen LogP contribution is 2.39. The number of likely N-dealkylation sites (N-methyl/N-ethyl adjacent to an activating group) is 1. The summed E-state index contributed by atoms with van der Waals surface area (Å²) in [5.74, 6) is 0.370. The van der Waals surface area contributed by atoms with E-state index in [0.29, 0.717) is 29.0 Å². The number of nitrogens with one attached hydrogen (secondary N) is 3. The number of methoxy groups -OCH3 is 1. The number of piperidine rings is 2. The SMILES string of the molecule is COc1ccc(C(=O)NC(=O)Nc2ccc(C)c(C3CC4CNC(C)CC4N(C)C3=O)c2)cc1. The largest absolute Gasteiger partial charge is 0.497 e. The Morgan fingerprint density at radius 2 is 1.85 bits per heavy atom. The van der Waals surface area contributed by atoms with E-state index in [0.717, 1.165) is 30.5 Å². The molecule has 4 rings (SSSR count). The predicted molar refractivity (Wildman–Crippen MR) is 130 cm³/mol. The summed E-state index contributed by atoms with van der Waals surface area (Å²) in [6.45, 7) is 5.03. The topological polar surface area (TPSA) is 99.8 Å². The van der Waals surface area contributed by atoms with Crippen LogP contribution in [0.25, 0.3) is 0 Å². The van der Waals surface area contributed by atoms with E-state index in [2.05, 4.69) is 22.9 Å². The molecule has 2 aliphatic heterocycles. The number of hydrogen-bond acceptors (Lipinski definition) is 5. The minimum absolute atomic E-state index is 0.120. The molecule has 2 heterocycles. The van der Waals surface area contributed by atoms with Crippen molar-refractivity contribution in [3.63, 3.8) is 0 Å². The number of likely N-dealkylation sites (tertiary alicyclic amines) is 1. The van der Waals surface area contributed by atoms with E-state index in [9.17, 15) is 14.4 Å². The predicted octanol–water partition coefficient (Wildman–Crippen LogP) is 3.28. The van der Waals surface area contributed by atoms with Gasteiger partial charge in [0.05, 0.1) is 13.0 Å². The van der Waals surface area contributed by atoms with Crippen LogP contribution in [0.5, 0.6) is 5.75 Å². The summed E-state index contributed by atoms with van der Waals surface area (Å²) in [6, 6.07) is 12.1. The molecule has 0 aromatic heterocycles. The molecule has 0 bridgehead atoms. The lowest BCUT2D eigenvalue weighted by Gasteiger charge is -2.47. The minimum Gasteiger partial charge on any atom is -0.497 e. The normalized spacial score (nSPS) is 24.2. The molecule has 34 heavy (non-hydrogen) atoms. The average molecular weight is 465 g/mol. The number of amides is 4. The van der Waals surface area contributed by atoms with Crippen molar-refractivity contribution in [3.8, 4) is 5.75 Å². The van der Waals surface area contributed by atoms with E-state index in [1.165, 1.54) is 0 Å². The lowest BCUT2D eigenvalue weighted by Crippen LogP contribution is -2.57. The van der Waals surface area contributed by atoms with Crippen LogP contribution in [0.3, 0.4) is 0 Å². The number of carbonyl (C=O) groups excluding carboxylic acids is 3. The molecule has 4 amide bonds. The Kier molecular flexibility index (Phi) is 6.88. The Morgan fingerprint density at radius 3 is 2.56 bits per heavy atom. The molecule has 0 aliphatic carbocycles. The molecule has 2 fully saturated rings. The van der Waals surface area contributed by atoms with Gasteiger partial charge in [-0.15, -0.1) is 0 Å². The minimum atomic E-state index is -0.631. The number of carbonyl (C=O) groups is 3. The van der Waals surface area contributed by atoms with Crippen molar-refractivity contribution in [1.29, 1.82) is 0 Å². The van der Waals surface area contributed by atoms with Gasteiger partial charge in [-0.3, -0.25) is 14.9 Å². The summed E-state index contributed by atoms with van der Waals surface area (Å²) < 4.78 is 5.09. The number of rotatable bonds is 4. The molecule has 2 saturated heterocycles. The summed E-state index contributed by atoms with van der Waals surface area (Å²) in [4.78, 5) is 40.0. The van der Waals surface area contributed by atoms with Gasteiger partial charge in [-0.1, -0.05) is 6.07 Å². The van der Waals surface area contributed by atoms with E-state index in [1.54, 1.807) is 37.4 Å². The van der Waals surface area contributed by atoms with Crippen LogP contribution in [0.4, 0.5) is 10.5 Å². The van der Waals surface area contributed by atoms with Gasteiger partial charge in [0.25, 0.3) is 5.91 Å². The van der Waals surface area contributed by atoms with E-state index >= 15 is 0 Å². The lowest BCUT2D eigenvalue weighted by molar-refractivity contribution is -0.140. The first kappa shape index (κ1) is 23.8. The molecule has 8 nitrogen and oxygen atoms in total. The molecular formula is C26H32N4O4. The van der Waals surface area contributed by atoms with E-state index < -0.39 is 11.9 Å². The molecule has 0 spiro atoms. The van der Waals surface area contributed by atoms with Crippen molar-refractivity contribution in [2.24, 2.45) is 5.92 Å². The third kappa shape index (κ3) is 4.92. The molecule has 0 saturated carbocycles. The molecule has 8 heteroatoms. The van der Waals surface area contributed by atoms with Gasteiger partial charge in [0.2, 0.25) is 5.91 Å². The van der Waals surface area contributed by atoms with Crippen LogP contribution in [-0.2, 0) is 4.79 Å². The first-order chi connectivity index (χ1) is 16.3. The number of nitrogens with zero attached hydrogens (tertiary/aromatic N) is 1. The van der Waals surface area contributed by atoms with Crippen LogP contribution in [0.1, 0.15) is 47.2 Å². The van der Waals surface area contributed by atoms with Crippen LogP contribution in [0.2, 0.25) is 0 Å². The fourth-order valence-corrected chi connectivity index (χ4v) is 5.09. The van der Waals surface area contributed by atoms with Crippen molar-refractivity contribution in [3.05, 3.63) is 59.2 Å². The van der Waals surface area contributed by atoms with Gasteiger partial charge < -0.3 is 20.3 Å². The maximum atomic E-state index is 13.3.